The number of alkyl halides is 1. The first kappa shape index (κ1) is 26.3. The molecule has 1 amide bonds. The number of phenols is 1. The average Bonchev–Trinajstić information content (AvgIpc) is 3.23. The van der Waals surface area contributed by atoms with Crippen molar-refractivity contribution in [3.05, 3.63) is 51.2 Å². The van der Waals surface area contributed by atoms with E-state index in [1.807, 2.05) is 0 Å². The lowest BCUT2D eigenvalue weighted by Gasteiger charge is -2.50. The van der Waals surface area contributed by atoms with Crippen molar-refractivity contribution in [2.45, 2.75) is 43.6 Å². The van der Waals surface area contributed by atoms with E-state index in [9.17, 15) is 39.2 Å². The van der Waals surface area contributed by atoms with Gasteiger partial charge in [-0.05, 0) is 45.3 Å². The molecule has 6 N–H and O–H groups in total. The van der Waals surface area contributed by atoms with E-state index in [0.717, 1.165) is 6.07 Å². The molecule has 204 valence electrons. The van der Waals surface area contributed by atoms with Gasteiger partial charge in [0.05, 0.1) is 11.6 Å². The maximum absolute atomic E-state index is 15.7. The number of likely N-dealkylation sites (N-methyl/N-ethyl adjacent to an activating group) is 1. The number of nitrogens with two attached hydrogens (primary N) is 1. The summed E-state index contributed by atoms with van der Waals surface area (Å²) >= 11 is 0. The summed E-state index contributed by atoms with van der Waals surface area (Å²) in [5, 5.41) is 44.3. The highest BCUT2D eigenvalue weighted by molar-refractivity contribution is 6.24. The number of likely N-dealkylation sites (tertiary alicyclic amines) is 1. The normalized spacial score (nSPS) is 31.5. The smallest absolute Gasteiger partial charge is 0.255 e. The van der Waals surface area contributed by atoms with Crippen LogP contribution in [-0.4, -0.2) is 92.7 Å². The summed E-state index contributed by atoms with van der Waals surface area (Å²) in [5.41, 5.74) is 0.932. The number of amides is 1. The molecule has 0 aromatic heterocycles. The van der Waals surface area contributed by atoms with E-state index in [0.29, 0.717) is 13.0 Å². The van der Waals surface area contributed by atoms with Crippen molar-refractivity contribution in [3.63, 3.8) is 0 Å². The van der Waals surface area contributed by atoms with Crippen molar-refractivity contribution in [3.8, 4) is 5.75 Å². The number of allylic oxidation sites excluding steroid dienone is 1. The van der Waals surface area contributed by atoms with Gasteiger partial charge in [-0.15, -0.1) is 0 Å². The van der Waals surface area contributed by atoms with Crippen LogP contribution in [0.3, 0.4) is 0 Å². The van der Waals surface area contributed by atoms with Gasteiger partial charge in [-0.1, -0.05) is 0 Å². The van der Waals surface area contributed by atoms with E-state index in [2.05, 4.69) is 0 Å². The summed E-state index contributed by atoms with van der Waals surface area (Å²) < 4.78 is 29.3. The van der Waals surface area contributed by atoms with Gasteiger partial charge in [0, 0.05) is 42.3 Å². The molecule has 1 fully saturated rings. The number of nitrogens with zero attached hydrogens (tertiary/aromatic N) is 2. The lowest BCUT2D eigenvalue weighted by Crippen LogP contribution is -2.63. The van der Waals surface area contributed by atoms with Crippen molar-refractivity contribution in [2.24, 2.45) is 17.6 Å². The van der Waals surface area contributed by atoms with Crippen LogP contribution in [-0.2, 0) is 22.6 Å². The summed E-state index contributed by atoms with van der Waals surface area (Å²) in [5.74, 6) is -8.62. The third-order valence-corrected chi connectivity index (χ3v) is 8.34. The van der Waals surface area contributed by atoms with Gasteiger partial charge in [-0.25, -0.2) is 8.78 Å². The second-order valence-electron chi connectivity index (χ2n) is 10.8. The minimum Gasteiger partial charge on any atom is -0.510 e. The van der Waals surface area contributed by atoms with E-state index < -0.39 is 81.3 Å². The topological polar surface area (TPSA) is 165 Å². The summed E-state index contributed by atoms with van der Waals surface area (Å²) in [6, 6.07) is -0.0378. The van der Waals surface area contributed by atoms with Crippen molar-refractivity contribution in [2.75, 3.05) is 27.2 Å². The Bertz CT molecular complexity index is 1340. The molecule has 38 heavy (non-hydrogen) atoms. The van der Waals surface area contributed by atoms with E-state index in [1.54, 1.807) is 4.90 Å². The zero-order valence-electron chi connectivity index (χ0n) is 20.9. The van der Waals surface area contributed by atoms with Gasteiger partial charge in [0.1, 0.15) is 34.8 Å². The van der Waals surface area contributed by atoms with Gasteiger partial charge in [0.15, 0.2) is 11.4 Å². The average molecular weight is 534 g/mol. The third-order valence-electron chi connectivity index (χ3n) is 8.34. The number of fused-ring (bicyclic) bond motifs is 3. The fourth-order valence-corrected chi connectivity index (χ4v) is 6.64. The van der Waals surface area contributed by atoms with Gasteiger partial charge in [0.25, 0.3) is 5.91 Å². The highest BCUT2D eigenvalue weighted by Crippen LogP contribution is 2.52. The predicted octanol–water partition coefficient (Wildman–Crippen LogP) is 0.804. The number of halogens is 2. The van der Waals surface area contributed by atoms with Crippen molar-refractivity contribution in [1.29, 1.82) is 0 Å². The zero-order valence-corrected chi connectivity index (χ0v) is 20.9. The number of primary amides is 1. The lowest BCUT2D eigenvalue weighted by atomic mass is 9.58. The number of ketones is 2. The summed E-state index contributed by atoms with van der Waals surface area (Å²) in [4.78, 5) is 42.0. The van der Waals surface area contributed by atoms with Gasteiger partial charge >= 0.3 is 0 Å². The Morgan fingerprint density at radius 2 is 1.95 bits per heavy atom. The molecule has 10 nitrogen and oxygen atoms in total. The Labute approximate surface area is 216 Å². The number of aromatic hydroxyl groups is 1. The first-order valence-electron chi connectivity index (χ1n) is 12.3. The molecule has 3 aliphatic carbocycles. The molecule has 0 radical (unpaired) electrons. The molecular weight excluding hydrogens is 504 g/mol. The molecule has 0 spiro atoms. The Morgan fingerprint density at radius 3 is 2.53 bits per heavy atom. The molecule has 12 heteroatoms. The predicted molar refractivity (Wildman–Crippen MR) is 128 cm³/mol. The number of phenolic OH excluding ortho intramolecular Hbond substituents is 1. The first-order chi connectivity index (χ1) is 17.8. The van der Waals surface area contributed by atoms with Crippen molar-refractivity contribution in [1.82, 2.24) is 9.80 Å². The highest BCUT2D eigenvalue weighted by atomic mass is 19.1. The van der Waals surface area contributed by atoms with Crippen LogP contribution < -0.4 is 5.73 Å². The molecule has 0 bridgehead atoms. The minimum atomic E-state index is -2.75. The van der Waals surface area contributed by atoms with E-state index in [4.69, 9.17) is 5.73 Å². The molecule has 1 saturated heterocycles. The number of aliphatic hydroxyl groups excluding tert-OH is 2. The Kier molecular flexibility index (Phi) is 6.12. The largest absolute Gasteiger partial charge is 0.510 e. The molecule has 5 atom stereocenters. The van der Waals surface area contributed by atoms with Crippen LogP contribution in [0.25, 0.3) is 0 Å². The van der Waals surface area contributed by atoms with E-state index in [1.165, 1.54) is 19.0 Å². The van der Waals surface area contributed by atoms with Crippen LogP contribution in [0.15, 0.2) is 28.7 Å². The van der Waals surface area contributed by atoms with Gasteiger partial charge in [-0.2, -0.15) is 0 Å². The second kappa shape index (κ2) is 8.85. The molecular formula is C26H29F2N3O7. The molecule has 0 unspecified atom stereocenters. The maximum atomic E-state index is 15.7. The molecule has 1 heterocycles. The van der Waals surface area contributed by atoms with Crippen LogP contribution in [0.4, 0.5) is 8.78 Å². The quantitative estimate of drug-likeness (QED) is 0.352. The number of rotatable bonds is 4. The van der Waals surface area contributed by atoms with Crippen LogP contribution in [0.2, 0.25) is 0 Å². The zero-order chi connectivity index (χ0) is 27.8. The van der Waals surface area contributed by atoms with E-state index >= 15 is 4.39 Å². The second-order valence-corrected chi connectivity index (χ2v) is 10.8. The van der Waals surface area contributed by atoms with Crippen LogP contribution in [0.5, 0.6) is 5.75 Å². The Balaban J connectivity index is 1.62. The van der Waals surface area contributed by atoms with E-state index in [-0.39, 0.29) is 42.6 Å². The summed E-state index contributed by atoms with van der Waals surface area (Å²) in [6.45, 7) is 0.587. The van der Waals surface area contributed by atoms with Crippen molar-refractivity contribution < 1.29 is 43.6 Å². The lowest BCUT2D eigenvalue weighted by molar-refractivity contribution is -0.148. The highest BCUT2D eigenvalue weighted by Gasteiger charge is 2.63. The number of carbonyl (C=O) groups is 3. The van der Waals surface area contributed by atoms with Gasteiger partial charge in [0.2, 0.25) is 5.78 Å². The van der Waals surface area contributed by atoms with Gasteiger partial charge in [-0.3, -0.25) is 24.2 Å². The maximum Gasteiger partial charge on any atom is 0.255 e. The standard InChI is InChI=1S/C26H29F2N3O7/c1-30(2)20-14-6-10-5-13-17(15(32)7-11(19(13)28)8-31-4-3-12(27)9-31)21(33)16(10)23(35)26(14,38)24(36)18(22(20)34)25(29)37/h7,10,12,14,20,32,34-35,38H,3-6,8-9H2,1-2H3,(H2,29,37)/t10-,12+,14-,20-,26-/m0/s1. The Morgan fingerprint density at radius 1 is 1.26 bits per heavy atom. The molecule has 1 aromatic carbocycles. The first-order valence-corrected chi connectivity index (χ1v) is 12.3. The minimum absolute atomic E-state index is 0.0358. The Hall–Kier alpha value is -3.35. The SMILES string of the molecule is CN(C)[C@@H]1C(O)=C(C(N)=O)C(=O)[C@@]2(O)C(O)=C3C(=O)c4c(O)cc(CN5CC[C@@H](F)C5)c(F)c4C[C@H]3C[C@@H]12. The van der Waals surface area contributed by atoms with Crippen LogP contribution in [0.1, 0.15) is 34.3 Å². The molecule has 1 aliphatic heterocycles. The van der Waals surface area contributed by atoms with Crippen LogP contribution in [0, 0.1) is 17.7 Å². The molecule has 1 aromatic rings. The number of carbonyl (C=O) groups excluding carboxylic acids is 3. The summed E-state index contributed by atoms with van der Waals surface area (Å²) in [7, 11) is 3.05. The molecule has 4 aliphatic rings. The van der Waals surface area contributed by atoms with Crippen molar-refractivity contribution >= 4 is 17.5 Å². The van der Waals surface area contributed by atoms with Gasteiger partial charge < -0.3 is 26.2 Å². The van der Waals surface area contributed by atoms with Crippen LogP contribution >= 0.6 is 0 Å². The molecule has 5 rings (SSSR count). The third kappa shape index (κ3) is 3.57. The number of benzene rings is 1. The summed E-state index contributed by atoms with van der Waals surface area (Å²) in [6.07, 6.45) is -0.980. The fraction of sp³-hybridized carbons (Fsp3) is 0.500. The molecule has 0 saturated carbocycles. The fourth-order valence-electron chi connectivity index (χ4n) is 6.64. The number of aliphatic hydroxyl groups is 3. The monoisotopic (exact) mass is 533 g/mol. The number of hydrogen-bond donors (Lipinski definition) is 5. The number of hydrogen-bond acceptors (Lipinski definition) is 9. The number of Topliss-reactive ketones (excluding diaryl/α,β-unsaturated/α-hetero) is 2.